The summed E-state index contributed by atoms with van der Waals surface area (Å²) in [5.74, 6) is 1.36. The van der Waals surface area contributed by atoms with Gasteiger partial charge in [0.15, 0.2) is 0 Å². The van der Waals surface area contributed by atoms with Crippen molar-refractivity contribution in [3.05, 3.63) is 23.3 Å². The molecule has 0 saturated heterocycles. The summed E-state index contributed by atoms with van der Waals surface area (Å²) < 4.78 is 0. The fraction of sp³-hybridized carbons (Fsp3) is 0.750. The molecule has 0 aromatic carbocycles. The zero-order chi connectivity index (χ0) is 13.5. The molecule has 0 bridgehead atoms. The van der Waals surface area contributed by atoms with E-state index in [1.165, 1.54) is 19.4 Å². The third-order valence-electron chi connectivity index (χ3n) is 3.48. The largest absolute Gasteiger partial charge is 0.300 e. The summed E-state index contributed by atoms with van der Waals surface area (Å²) in [6.07, 6.45) is 7.10. The van der Waals surface area contributed by atoms with Crippen LogP contribution in [0.5, 0.6) is 0 Å². The molecule has 104 valence electrons. The van der Waals surface area contributed by atoms with E-state index in [9.17, 15) is 0 Å². The Hall–Kier alpha value is -0.600. The average molecular weight is 250 g/mol. The Labute approximate surface area is 113 Å². The third-order valence-corrected chi connectivity index (χ3v) is 3.48. The van der Waals surface area contributed by atoms with Gasteiger partial charge in [-0.1, -0.05) is 39.8 Å². The van der Waals surface area contributed by atoms with Crippen molar-refractivity contribution >= 4 is 0 Å². The van der Waals surface area contributed by atoms with Gasteiger partial charge in [-0.05, 0) is 49.4 Å². The van der Waals surface area contributed by atoms with E-state index in [0.717, 1.165) is 19.1 Å². The Morgan fingerprint density at radius 2 is 2.11 bits per heavy atom. The van der Waals surface area contributed by atoms with Crippen molar-refractivity contribution in [3.8, 4) is 0 Å². The minimum absolute atomic E-state index is 0.614. The molecule has 1 aliphatic rings. The molecule has 0 aromatic rings. The molecule has 0 heterocycles. The first-order valence-electron chi connectivity index (χ1n) is 7.34. The lowest BCUT2D eigenvalue weighted by molar-refractivity contribution is 0.311. The first-order chi connectivity index (χ1) is 8.54. The molecule has 0 radical (unpaired) electrons. The topological polar surface area (TPSA) is 15.3 Å². The number of hydrogen-bond donors (Lipinski definition) is 1. The molecule has 0 amide bonds. The van der Waals surface area contributed by atoms with Crippen molar-refractivity contribution in [3.63, 3.8) is 0 Å². The van der Waals surface area contributed by atoms with Gasteiger partial charge in [0.05, 0.1) is 0 Å². The molecule has 0 aromatic heterocycles. The van der Waals surface area contributed by atoms with Crippen LogP contribution in [0.3, 0.4) is 0 Å². The van der Waals surface area contributed by atoms with E-state index in [1.807, 2.05) is 0 Å². The van der Waals surface area contributed by atoms with Gasteiger partial charge in [0.25, 0.3) is 0 Å². The van der Waals surface area contributed by atoms with E-state index >= 15 is 0 Å². The molecule has 1 unspecified atom stereocenters. The molecule has 0 spiro atoms. The molecule has 0 aliphatic heterocycles. The lowest BCUT2D eigenvalue weighted by atomic mass is 9.97. The summed E-state index contributed by atoms with van der Waals surface area (Å²) >= 11 is 0. The number of hydrogen-bond acceptors (Lipinski definition) is 2. The van der Waals surface area contributed by atoms with Crippen LogP contribution in [0.4, 0.5) is 0 Å². The minimum atomic E-state index is 0.614. The maximum absolute atomic E-state index is 3.57. The lowest BCUT2D eigenvalue weighted by Gasteiger charge is -2.19. The van der Waals surface area contributed by atoms with Crippen LogP contribution >= 0.6 is 0 Å². The molecule has 1 aliphatic carbocycles. The SMILES string of the molecule is CCCN(C)CNCC1=C(CC(C)C)C=CC1C. The Morgan fingerprint density at radius 3 is 2.72 bits per heavy atom. The molecule has 2 heteroatoms. The van der Waals surface area contributed by atoms with E-state index in [-0.39, 0.29) is 0 Å². The van der Waals surface area contributed by atoms with Gasteiger partial charge in [0, 0.05) is 13.2 Å². The second kappa shape index (κ2) is 7.75. The fourth-order valence-corrected chi connectivity index (χ4v) is 2.53. The summed E-state index contributed by atoms with van der Waals surface area (Å²) in [7, 11) is 2.18. The van der Waals surface area contributed by atoms with Crippen LogP contribution in [0.15, 0.2) is 23.3 Å². The van der Waals surface area contributed by atoms with E-state index in [2.05, 4.69) is 57.1 Å². The Kier molecular flexibility index (Phi) is 6.66. The fourth-order valence-electron chi connectivity index (χ4n) is 2.53. The first kappa shape index (κ1) is 15.5. The van der Waals surface area contributed by atoms with Gasteiger partial charge in [0.1, 0.15) is 0 Å². The summed E-state index contributed by atoms with van der Waals surface area (Å²) in [5, 5.41) is 3.57. The normalized spacial score (nSPS) is 19.6. The van der Waals surface area contributed by atoms with Crippen LogP contribution < -0.4 is 5.32 Å². The van der Waals surface area contributed by atoms with Crippen molar-refractivity contribution in [2.75, 3.05) is 26.8 Å². The lowest BCUT2D eigenvalue weighted by Crippen LogP contribution is -2.33. The van der Waals surface area contributed by atoms with Crippen LogP contribution in [-0.2, 0) is 0 Å². The molecule has 1 rings (SSSR count). The van der Waals surface area contributed by atoms with Gasteiger partial charge in [-0.3, -0.25) is 4.90 Å². The van der Waals surface area contributed by atoms with Gasteiger partial charge < -0.3 is 5.32 Å². The van der Waals surface area contributed by atoms with Gasteiger partial charge >= 0.3 is 0 Å². The van der Waals surface area contributed by atoms with E-state index < -0.39 is 0 Å². The van der Waals surface area contributed by atoms with Gasteiger partial charge in [0.2, 0.25) is 0 Å². The quantitative estimate of drug-likeness (QED) is 0.664. The van der Waals surface area contributed by atoms with Gasteiger partial charge in [-0.2, -0.15) is 0 Å². The maximum atomic E-state index is 3.57. The molecule has 18 heavy (non-hydrogen) atoms. The summed E-state index contributed by atoms with van der Waals surface area (Å²) in [6, 6.07) is 0. The van der Waals surface area contributed by atoms with Crippen molar-refractivity contribution < 1.29 is 0 Å². The number of allylic oxidation sites excluding steroid dienone is 3. The van der Waals surface area contributed by atoms with Crippen LogP contribution in [0.2, 0.25) is 0 Å². The van der Waals surface area contributed by atoms with Gasteiger partial charge in [-0.15, -0.1) is 0 Å². The molecule has 0 saturated carbocycles. The highest BCUT2D eigenvalue weighted by molar-refractivity contribution is 5.37. The highest BCUT2D eigenvalue weighted by Crippen LogP contribution is 2.28. The minimum Gasteiger partial charge on any atom is -0.300 e. The number of nitrogens with zero attached hydrogens (tertiary/aromatic N) is 1. The summed E-state index contributed by atoms with van der Waals surface area (Å²) in [5.41, 5.74) is 3.15. The smallest absolute Gasteiger partial charge is 0.0480 e. The van der Waals surface area contributed by atoms with E-state index in [1.54, 1.807) is 11.1 Å². The average Bonchev–Trinajstić information content (AvgIpc) is 2.61. The van der Waals surface area contributed by atoms with Crippen LogP contribution in [0.25, 0.3) is 0 Å². The third kappa shape index (κ3) is 4.95. The molecule has 2 nitrogen and oxygen atoms in total. The first-order valence-corrected chi connectivity index (χ1v) is 7.34. The highest BCUT2D eigenvalue weighted by Gasteiger charge is 2.16. The zero-order valence-corrected chi connectivity index (χ0v) is 12.8. The molecule has 1 atom stereocenters. The van der Waals surface area contributed by atoms with Gasteiger partial charge in [-0.25, -0.2) is 0 Å². The standard InChI is InChI=1S/C16H30N2/c1-6-9-18(5)12-17-11-16-14(4)7-8-15(16)10-13(2)3/h7-8,13-14,17H,6,9-12H2,1-5H3. The number of rotatable bonds is 8. The van der Waals surface area contributed by atoms with Crippen molar-refractivity contribution in [1.29, 1.82) is 0 Å². The summed E-state index contributed by atoms with van der Waals surface area (Å²) in [6.45, 7) is 12.3. The predicted molar refractivity (Wildman–Crippen MR) is 80.6 cm³/mol. The summed E-state index contributed by atoms with van der Waals surface area (Å²) in [4.78, 5) is 2.34. The second-order valence-corrected chi connectivity index (χ2v) is 5.96. The Balaban J connectivity index is 2.43. The maximum Gasteiger partial charge on any atom is 0.0480 e. The van der Waals surface area contributed by atoms with E-state index in [0.29, 0.717) is 5.92 Å². The Morgan fingerprint density at radius 1 is 1.39 bits per heavy atom. The molecule has 0 fully saturated rings. The Bertz CT molecular complexity index is 302. The van der Waals surface area contributed by atoms with E-state index in [4.69, 9.17) is 0 Å². The predicted octanol–water partition coefficient (Wildman–Crippen LogP) is 3.42. The second-order valence-electron chi connectivity index (χ2n) is 5.96. The number of nitrogens with one attached hydrogen (secondary N) is 1. The van der Waals surface area contributed by atoms with Crippen LogP contribution in [0.1, 0.15) is 40.5 Å². The molecular weight excluding hydrogens is 220 g/mol. The zero-order valence-electron chi connectivity index (χ0n) is 12.8. The monoisotopic (exact) mass is 250 g/mol. The van der Waals surface area contributed by atoms with Crippen molar-refractivity contribution in [2.45, 2.75) is 40.5 Å². The van der Waals surface area contributed by atoms with Crippen LogP contribution in [0, 0.1) is 11.8 Å². The van der Waals surface area contributed by atoms with Crippen molar-refractivity contribution in [2.24, 2.45) is 11.8 Å². The molecular formula is C16H30N2. The highest BCUT2D eigenvalue weighted by atomic mass is 15.2. The van der Waals surface area contributed by atoms with Crippen molar-refractivity contribution in [1.82, 2.24) is 10.2 Å². The molecule has 1 N–H and O–H groups in total. The van der Waals surface area contributed by atoms with Crippen LogP contribution in [-0.4, -0.2) is 31.7 Å².